The van der Waals surface area contributed by atoms with Gasteiger partial charge in [0.2, 0.25) is 10.0 Å². The quantitative estimate of drug-likeness (QED) is 0.732. The minimum Gasteiger partial charge on any atom is -0.434 e. The Labute approximate surface area is 153 Å². The first-order valence-corrected chi connectivity index (χ1v) is 9.77. The largest absolute Gasteiger partial charge is 0.434 e. The van der Waals surface area contributed by atoms with Gasteiger partial charge in [-0.15, -0.1) is 0 Å². The van der Waals surface area contributed by atoms with Gasteiger partial charge in [-0.05, 0) is 35.6 Å². The molecule has 0 aliphatic rings. The molecule has 0 bridgehead atoms. The van der Waals surface area contributed by atoms with Crippen molar-refractivity contribution in [2.45, 2.75) is 50.7 Å². The number of sulfonamides is 1. The maximum Gasteiger partial charge on any atom is 0.387 e. The van der Waals surface area contributed by atoms with Gasteiger partial charge in [0.25, 0.3) is 0 Å². The monoisotopic (exact) mass is 383 g/mol. The molecule has 0 saturated carbocycles. The van der Waals surface area contributed by atoms with Crippen molar-refractivity contribution in [2.75, 3.05) is 0 Å². The van der Waals surface area contributed by atoms with Gasteiger partial charge in [0, 0.05) is 12.1 Å². The fourth-order valence-corrected chi connectivity index (χ4v) is 3.41. The average molecular weight is 383 g/mol. The normalized spacial score (nSPS) is 12.4. The Morgan fingerprint density at radius 2 is 1.69 bits per heavy atom. The molecule has 7 heteroatoms. The third kappa shape index (κ3) is 5.02. The maximum absolute atomic E-state index is 12.5. The summed E-state index contributed by atoms with van der Waals surface area (Å²) in [7, 11) is -3.77. The van der Waals surface area contributed by atoms with E-state index in [1.54, 1.807) is 36.4 Å². The summed E-state index contributed by atoms with van der Waals surface area (Å²) in [6.07, 6.45) is 0.929. The van der Waals surface area contributed by atoms with E-state index in [9.17, 15) is 17.2 Å². The molecule has 0 aromatic heterocycles. The highest BCUT2D eigenvalue weighted by molar-refractivity contribution is 7.89. The molecule has 0 radical (unpaired) electrons. The molecular weight excluding hydrogens is 360 g/mol. The standard InChI is InChI=1S/C19H23F2NO3S/c1-4-19(2,3)15-9-11-16(12-10-15)26(23,24)22-13-14-7-5-6-8-17(14)25-18(20)21/h5-12,18,22H,4,13H2,1-3H3. The number of benzene rings is 2. The van der Waals surface area contributed by atoms with Gasteiger partial charge in [-0.2, -0.15) is 8.78 Å². The topological polar surface area (TPSA) is 55.4 Å². The fourth-order valence-electron chi connectivity index (χ4n) is 2.41. The molecule has 0 spiro atoms. The summed E-state index contributed by atoms with van der Waals surface area (Å²) >= 11 is 0. The van der Waals surface area contributed by atoms with Gasteiger partial charge >= 0.3 is 6.61 Å². The molecule has 2 aromatic carbocycles. The Bertz CT molecular complexity index is 834. The molecule has 26 heavy (non-hydrogen) atoms. The number of halogens is 2. The molecule has 1 N–H and O–H groups in total. The van der Waals surface area contributed by atoms with E-state index in [1.165, 1.54) is 12.1 Å². The number of hydrogen-bond donors (Lipinski definition) is 1. The highest BCUT2D eigenvalue weighted by Crippen LogP contribution is 2.27. The van der Waals surface area contributed by atoms with Crippen LogP contribution in [0.5, 0.6) is 5.75 Å². The van der Waals surface area contributed by atoms with E-state index in [-0.39, 0.29) is 22.6 Å². The van der Waals surface area contributed by atoms with Gasteiger partial charge < -0.3 is 4.74 Å². The van der Waals surface area contributed by atoms with Crippen LogP contribution < -0.4 is 9.46 Å². The Balaban J connectivity index is 2.15. The van der Waals surface area contributed by atoms with Crippen LogP contribution in [0.25, 0.3) is 0 Å². The van der Waals surface area contributed by atoms with Crippen LogP contribution in [-0.4, -0.2) is 15.0 Å². The van der Waals surface area contributed by atoms with Crippen LogP contribution in [0.15, 0.2) is 53.4 Å². The van der Waals surface area contributed by atoms with Gasteiger partial charge in [0.05, 0.1) is 4.90 Å². The van der Waals surface area contributed by atoms with E-state index < -0.39 is 16.6 Å². The van der Waals surface area contributed by atoms with E-state index in [1.807, 2.05) is 0 Å². The lowest BCUT2D eigenvalue weighted by Crippen LogP contribution is -2.24. The molecule has 0 saturated heterocycles. The van der Waals surface area contributed by atoms with Crippen LogP contribution >= 0.6 is 0 Å². The molecule has 0 atom stereocenters. The Morgan fingerprint density at radius 1 is 1.08 bits per heavy atom. The summed E-state index contributed by atoms with van der Waals surface area (Å²) < 4.78 is 56.7. The smallest absolute Gasteiger partial charge is 0.387 e. The zero-order valence-corrected chi connectivity index (χ0v) is 15.8. The number of alkyl halides is 2. The minimum absolute atomic E-state index is 0.0404. The summed E-state index contributed by atoms with van der Waals surface area (Å²) in [5.74, 6) is -0.0507. The van der Waals surface area contributed by atoms with Gasteiger partial charge in [-0.25, -0.2) is 13.1 Å². The summed E-state index contributed by atoms with van der Waals surface area (Å²) in [6, 6.07) is 12.8. The first-order chi connectivity index (χ1) is 12.2. The second-order valence-electron chi connectivity index (χ2n) is 6.57. The highest BCUT2D eigenvalue weighted by Gasteiger charge is 2.20. The van der Waals surface area contributed by atoms with E-state index in [2.05, 4.69) is 30.2 Å². The second kappa shape index (κ2) is 8.14. The van der Waals surface area contributed by atoms with Crippen LogP contribution in [0.1, 0.15) is 38.3 Å². The van der Waals surface area contributed by atoms with Crippen molar-refractivity contribution in [3.63, 3.8) is 0 Å². The van der Waals surface area contributed by atoms with Crippen molar-refractivity contribution >= 4 is 10.0 Å². The molecular formula is C19H23F2NO3S. The van der Waals surface area contributed by atoms with E-state index >= 15 is 0 Å². The number of hydrogen-bond acceptors (Lipinski definition) is 3. The molecule has 0 fully saturated rings. The lowest BCUT2D eigenvalue weighted by molar-refractivity contribution is -0.0504. The lowest BCUT2D eigenvalue weighted by Gasteiger charge is -2.23. The first-order valence-electron chi connectivity index (χ1n) is 8.28. The zero-order chi connectivity index (χ0) is 19.4. The number of ether oxygens (including phenoxy) is 1. The second-order valence-corrected chi connectivity index (χ2v) is 8.34. The van der Waals surface area contributed by atoms with Gasteiger partial charge in [0.15, 0.2) is 0 Å². The molecule has 142 valence electrons. The third-order valence-electron chi connectivity index (χ3n) is 4.47. The molecule has 0 aliphatic carbocycles. The number of rotatable bonds is 8. The molecule has 0 unspecified atom stereocenters. The van der Waals surface area contributed by atoms with Crippen molar-refractivity contribution < 1.29 is 21.9 Å². The predicted octanol–water partition coefficient (Wildman–Crippen LogP) is 4.45. The van der Waals surface area contributed by atoms with E-state index in [0.29, 0.717) is 5.56 Å². The first kappa shape index (κ1) is 20.3. The number of para-hydroxylation sites is 1. The molecule has 2 aromatic rings. The van der Waals surface area contributed by atoms with Gasteiger partial charge in [-0.3, -0.25) is 0 Å². The number of nitrogens with one attached hydrogen (secondary N) is 1. The summed E-state index contributed by atoms with van der Waals surface area (Å²) in [5, 5.41) is 0. The van der Waals surface area contributed by atoms with E-state index in [4.69, 9.17) is 0 Å². The van der Waals surface area contributed by atoms with Gasteiger partial charge in [0.1, 0.15) is 5.75 Å². The zero-order valence-electron chi connectivity index (χ0n) is 15.0. The lowest BCUT2D eigenvalue weighted by atomic mass is 9.82. The van der Waals surface area contributed by atoms with Crippen LogP contribution in [0.3, 0.4) is 0 Å². The fraction of sp³-hybridized carbons (Fsp3) is 0.368. The molecule has 0 aliphatic heterocycles. The minimum atomic E-state index is -3.77. The van der Waals surface area contributed by atoms with Crippen molar-refractivity contribution in [2.24, 2.45) is 0 Å². The van der Waals surface area contributed by atoms with Crippen molar-refractivity contribution in [3.8, 4) is 5.75 Å². The maximum atomic E-state index is 12.5. The van der Waals surface area contributed by atoms with Crippen molar-refractivity contribution in [1.82, 2.24) is 4.72 Å². The van der Waals surface area contributed by atoms with Crippen LogP contribution in [0.2, 0.25) is 0 Å². The Morgan fingerprint density at radius 3 is 2.27 bits per heavy atom. The SMILES string of the molecule is CCC(C)(C)c1ccc(S(=O)(=O)NCc2ccccc2OC(F)F)cc1. The van der Waals surface area contributed by atoms with E-state index in [0.717, 1.165) is 12.0 Å². The predicted molar refractivity (Wildman–Crippen MR) is 96.9 cm³/mol. The molecule has 0 heterocycles. The average Bonchev–Trinajstić information content (AvgIpc) is 2.60. The summed E-state index contributed by atoms with van der Waals surface area (Å²) in [4.78, 5) is 0.125. The molecule has 4 nitrogen and oxygen atoms in total. The summed E-state index contributed by atoms with van der Waals surface area (Å²) in [6.45, 7) is 3.14. The molecule has 2 rings (SSSR count). The van der Waals surface area contributed by atoms with Gasteiger partial charge in [-0.1, -0.05) is 51.1 Å². The third-order valence-corrected chi connectivity index (χ3v) is 5.89. The van der Waals surface area contributed by atoms with Crippen molar-refractivity contribution in [1.29, 1.82) is 0 Å². The van der Waals surface area contributed by atoms with Crippen LogP contribution in [0.4, 0.5) is 8.78 Å². The summed E-state index contributed by atoms with van der Waals surface area (Å²) in [5.41, 5.74) is 1.34. The van der Waals surface area contributed by atoms with Crippen molar-refractivity contribution in [3.05, 3.63) is 59.7 Å². The Kier molecular flexibility index (Phi) is 6.36. The van der Waals surface area contributed by atoms with Crippen LogP contribution in [-0.2, 0) is 22.0 Å². The van der Waals surface area contributed by atoms with Crippen LogP contribution in [0, 0.1) is 0 Å². The molecule has 0 amide bonds. The Hall–Kier alpha value is -1.99. The highest BCUT2D eigenvalue weighted by atomic mass is 32.2.